The van der Waals surface area contributed by atoms with Crippen LogP contribution >= 0.6 is 15.9 Å². The summed E-state index contributed by atoms with van der Waals surface area (Å²) >= 11 is 3.65. The molecule has 1 rings (SSSR count). The second-order valence-electron chi connectivity index (χ2n) is 5.17. The van der Waals surface area contributed by atoms with Gasteiger partial charge in [0.15, 0.2) is 0 Å². The van der Waals surface area contributed by atoms with E-state index in [1.54, 1.807) is 0 Å². The minimum absolute atomic E-state index is 0.157. The normalized spacial score (nSPS) is 27.7. The number of halogens is 1. The fraction of sp³-hybridized carbons (Fsp3) is 0.909. The molecule has 0 aromatic rings. The van der Waals surface area contributed by atoms with Crippen molar-refractivity contribution in [1.29, 1.82) is 0 Å². The second kappa shape index (κ2) is 4.65. The van der Waals surface area contributed by atoms with Gasteiger partial charge in [0.05, 0.1) is 0 Å². The Kier molecular flexibility index (Phi) is 3.99. The molecule has 82 valence electrons. The SMILES string of the molecule is CC(C)(C)C(=O)NCC1CCCC1Br. The van der Waals surface area contributed by atoms with Gasteiger partial charge in [0.25, 0.3) is 0 Å². The Labute approximate surface area is 95.0 Å². The van der Waals surface area contributed by atoms with Gasteiger partial charge in [-0.15, -0.1) is 0 Å². The first-order valence-corrected chi connectivity index (χ1v) is 6.25. The maximum atomic E-state index is 11.6. The number of nitrogens with one attached hydrogen (secondary N) is 1. The molecule has 3 heteroatoms. The molecule has 1 aliphatic carbocycles. The summed E-state index contributed by atoms with van der Waals surface area (Å²) in [6, 6.07) is 0. The van der Waals surface area contributed by atoms with E-state index < -0.39 is 0 Å². The molecule has 1 N–H and O–H groups in total. The van der Waals surface area contributed by atoms with Gasteiger partial charge < -0.3 is 5.32 Å². The molecule has 2 nitrogen and oxygen atoms in total. The number of alkyl halides is 1. The highest BCUT2D eigenvalue weighted by Crippen LogP contribution is 2.31. The Morgan fingerprint density at radius 3 is 2.50 bits per heavy atom. The number of rotatable bonds is 2. The van der Waals surface area contributed by atoms with E-state index in [2.05, 4.69) is 21.2 Å². The summed E-state index contributed by atoms with van der Waals surface area (Å²) in [7, 11) is 0. The molecule has 0 aromatic heterocycles. The minimum Gasteiger partial charge on any atom is -0.355 e. The van der Waals surface area contributed by atoms with Crippen LogP contribution < -0.4 is 5.32 Å². The molecule has 1 saturated carbocycles. The topological polar surface area (TPSA) is 29.1 Å². The summed E-state index contributed by atoms with van der Waals surface area (Å²) in [5, 5.41) is 3.03. The summed E-state index contributed by atoms with van der Waals surface area (Å²) in [4.78, 5) is 12.2. The second-order valence-corrected chi connectivity index (χ2v) is 6.34. The van der Waals surface area contributed by atoms with Crippen LogP contribution in [0.2, 0.25) is 0 Å². The molecular weight excluding hydrogens is 242 g/mol. The monoisotopic (exact) mass is 261 g/mol. The maximum absolute atomic E-state index is 11.6. The van der Waals surface area contributed by atoms with E-state index in [0.717, 1.165) is 6.54 Å². The molecule has 2 unspecified atom stereocenters. The maximum Gasteiger partial charge on any atom is 0.225 e. The number of amides is 1. The highest BCUT2D eigenvalue weighted by atomic mass is 79.9. The quantitative estimate of drug-likeness (QED) is 0.762. The standard InChI is InChI=1S/C11H20BrNO/c1-11(2,3)10(14)13-7-8-5-4-6-9(8)12/h8-9H,4-7H2,1-3H3,(H,13,14). The lowest BCUT2D eigenvalue weighted by Crippen LogP contribution is -2.38. The predicted molar refractivity (Wildman–Crippen MR) is 62.5 cm³/mol. The highest BCUT2D eigenvalue weighted by Gasteiger charge is 2.27. The Morgan fingerprint density at radius 2 is 2.07 bits per heavy atom. The fourth-order valence-corrected chi connectivity index (χ4v) is 2.49. The van der Waals surface area contributed by atoms with Gasteiger partial charge in [-0.25, -0.2) is 0 Å². The molecule has 2 atom stereocenters. The number of hydrogen-bond donors (Lipinski definition) is 1. The average molecular weight is 262 g/mol. The van der Waals surface area contributed by atoms with E-state index in [0.29, 0.717) is 10.7 Å². The third-order valence-corrected chi connectivity index (χ3v) is 3.98. The number of carbonyl (C=O) groups is 1. The first-order chi connectivity index (χ1) is 6.41. The van der Waals surface area contributed by atoms with Crippen LogP contribution in [0.5, 0.6) is 0 Å². The van der Waals surface area contributed by atoms with Gasteiger partial charge >= 0.3 is 0 Å². The first kappa shape index (κ1) is 12.0. The van der Waals surface area contributed by atoms with E-state index in [1.807, 2.05) is 20.8 Å². The van der Waals surface area contributed by atoms with Gasteiger partial charge in [0.1, 0.15) is 0 Å². The molecule has 0 aliphatic heterocycles. The van der Waals surface area contributed by atoms with Gasteiger partial charge in [0.2, 0.25) is 5.91 Å². The Hall–Kier alpha value is -0.0500. The van der Waals surface area contributed by atoms with Gasteiger partial charge in [-0.1, -0.05) is 43.1 Å². The fourth-order valence-electron chi connectivity index (χ4n) is 1.71. The van der Waals surface area contributed by atoms with Gasteiger partial charge in [-0.2, -0.15) is 0 Å². The largest absolute Gasteiger partial charge is 0.355 e. The molecule has 0 heterocycles. The molecule has 1 amide bonds. The average Bonchev–Trinajstić information content (AvgIpc) is 2.45. The van der Waals surface area contributed by atoms with E-state index in [1.165, 1.54) is 19.3 Å². The molecule has 0 spiro atoms. The van der Waals surface area contributed by atoms with E-state index >= 15 is 0 Å². The zero-order valence-electron chi connectivity index (χ0n) is 9.27. The lowest BCUT2D eigenvalue weighted by atomic mass is 9.95. The molecule has 0 aromatic carbocycles. The molecule has 1 fully saturated rings. The third-order valence-electron chi connectivity index (χ3n) is 2.77. The summed E-state index contributed by atoms with van der Waals surface area (Å²) in [6.07, 6.45) is 3.77. The van der Waals surface area contributed by atoms with Crippen LogP contribution in [0.25, 0.3) is 0 Å². The van der Waals surface area contributed by atoms with E-state index in [9.17, 15) is 4.79 Å². The van der Waals surface area contributed by atoms with Crippen molar-refractivity contribution in [3.05, 3.63) is 0 Å². The first-order valence-electron chi connectivity index (χ1n) is 5.33. The Bertz CT molecular complexity index is 210. The van der Waals surface area contributed by atoms with Crippen LogP contribution in [0.3, 0.4) is 0 Å². The van der Waals surface area contributed by atoms with Crippen molar-refractivity contribution >= 4 is 21.8 Å². The van der Waals surface area contributed by atoms with Gasteiger partial charge in [-0.05, 0) is 18.8 Å². The summed E-state index contributed by atoms with van der Waals surface area (Å²) in [6.45, 7) is 6.67. The van der Waals surface area contributed by atoms with Crippen LogP contribution in [-0.2, 0) is 4.79 Å². The molecule has 0 radical (unpaired) electrons. The van der Waals surface area contributed by atoms with Crippen molar-refractivity contribution in [2.24, 2.45) is 11.3 Å². The summed E-state index contributed by atoms with van der Waals surface area (Å²) in [5.74, 6) is 0.783. The number of carbonyl (C=O) groups excluding carboxylic acids is 1. The zero-order chi connectivity index (χ0) is 10.8. The smallest absolute Gasteiger partial charge is 0.225 e. The van der Waals surface area contributed by atoms with Crippen LogP contribution in [0.1, 0.15) is 40.0 Å². The molecule has 0 bridgehead atoms. The van der Waals surface area contributed by atoms with Crippen LogP contribution in [0.15, 0.2) is 0 Å². The molecule has 0 saturated heterocycles. The molecule has 14 heavy (non-hydrogen) atoms. The Balaban J connectivity index is 2.30. The van der Waals surface area contributed by atoms with Gasteiger partial charge in [0, 0.05) is 16.8 Å². The van der Waals surface area contributed by atoms with E-state index in [4.69, 9.17) is 0 Å². The lowest BCUT2D eigenvalue weighted by Gasteiger charge is -2.21. The number of hydrogen-bond acceptors (Lipinski definition) is 1. The van der Waals surface area contributed by atoms with Crippen molar-refractivity contribution < 1.29 is 4.79 Å². The van der Waals surface area contributed by atoms with Crippen molar-refractivity contribution in [2.75, 3.05) is 6.54 Å². The molecule has 1 aliphatic rings. The van der Waals surface area contributed by atoms with E-state index in [-0.39, 0.29) is 11.3 Å². The van der Waals surface area contributed by atoms with Crippen molar-refractivity contribution in [1.82, 2.24) is 5.32 Å². The molecular formula is C11H20BrNO. The summed E-state index contributed by atoms with van der Waals surface area (Å²) < 4.78 is 0. The highest BCUT2D eigenvalue weighted by molar-refractivity contribution is 9.09. The van der Waals surface area contributed by atoms with Gasteiger partial charge in [-0.3, -0.25) is 4.79 Å². The van der Waals surface area contributed by atoms with Crippen molar-refractivity contribution in [2.45, 2.75) is 44.9 Å². The third kappa shape index (κ3) is 3.26. The summed E-state index contributed by atoms with van der Waals surface area (Å²) in [5.41, 5.74) is -0.263. The van der Waals surface area contributed by atoms with Crippen molar-refractivity contribution in [3.8, 4) is 0 Å². The zero-order valence-corrected chi connectivity index (χ0v) is 10.9. The lowest BCUT2D eigenvalue weighted by molar-refractivity contribution is -0.128. The minimum atomic E-state index is -0.263. The van der Waals surface area contributed by atoms with Crippen LogP contribution in [0.4, 0.5) is 0 Å². The van der Waals surface area contributed by atoms with Crippen LogP contribution in [0, 0.1) is 11.3 Å². The van der Waals surface area contributed by atoms with Crippen molar-refractivity contribution in [3.63, 3.8) is 0 Å². The van der Waals surface area contributed by atoms with Crippen LogP contribution in [-0.4, -0.2) is 17.3 Å². The predicted octanol–water partition coefficient (Wildman–Crippen LogP) is 2.71. The Morgan fingerprint density at radius 1 is 1.43 bits per heavy atom.